The molecule has 0 unspecified atom stereocenters. The van der Waals surface area contributed by atoms with E-state index in [-0.39, 0.29) is 0 Å². The molecule has 0 aliphatic carbocycles. The zero-order chi connectivity index (χ0) is 20.8. The normalized spacial score (nSPS) is 11.0. The van der Waals surface area contributed by atoms with Crippen LogP contribution in [0.25, 0.3) is 11.3 Å². The molecule has 0 fully saturated rings. The highest BCUT2D eigenvalue weighted by atomic mass is 79.9. The Balaban J connectivity index is 1.90. The standard InChI is InChI=1S/C22H27BrN6/c1-15-11-18(23)12-16(2)21(15)27-20-13-19(17-7-5-8-24-14-17)26-22(28-20)25-9-6-10-29(3)4/h5,7-8,11-14H,6,9-10H2,1-4H3,(H2,25,26,27,28). The molecule has 0 bridgehead atoms. The first-order valence-electron chi connectivity index (χ1n) is 9.64. The molecule has 3 aromatic rings. The first-order valence-corrected chi connectivity index (χ1v) is 10.4. The third-order valence-corrected chi connectivity index (χ3v) is 4.96. The molecule has 0 radical (unpaired) electrons. The number of rotatable bonds is 8. The second-order valence-corrected chi connectivity index (χ2v) is 8.24. The summed E-state index contributed by atoms with van der Waals surface area (Å²) in [4.78, 5) is 15.8. The van der Waals surface area contributed by atoms with Gasteiger partial charge in [-0.1, -0.05) is 15.9 Å². The maximum Gasteiger partial charge on any atom is 0.225 e. The summed E-state index contributed by atoms with van der Waals surface area (Å²) in [7, 11) is 4.15. The molecular weight excluding hydrogens is 428 g/mol. The van der Waals surface area contributed by atoms with Gasteiger partial charge in [-0.15, -0.1) is 0 Å². The molecule has 0 spiro atoms. The van der Waals surface area contributed by atoms with Crippen LogP contribution in [0, 0.1) is 13.8 Å². The third-order valence-electron chi connectivity index (χ3n) is 4.50. The van der Waals surface area contributed by atoms with Gasteiger partial charge in [0.25, 0.3) is 0 Å². The van der Waals surface area contributed by atoms with Gasteiger partial charge in [-0.3, -0.25) is 4.98 Å². The number of halogens is 1. The monoisotopic (exact) mass is 454 g/mol. The summed E-state index contributed by atoms with van der Waals surface area (Å²) >= 11 is 3.56. The summed E-state index contributed by atoms with van der Waals surface area (Å²) in [6.45, 7) is 6.00. The first-order chi connectivity index (χ1) is 13.9. The van der Waals surface area contributed by atoms with Crippen LogP contribution < -0.4 is 10.6 Å². The molecule has 3 rings (SSSR count). The average Bonchev–Trinajstić information content (AvgIpc) is 2.68. The van der Waals surface area contributed by atoms with Crippen LogP contribution in [0.1, 0.15) is 17.5 Å². The van der Waals surface area contributed by atoms with Crippen molar-refractivity contribution < 1.29 is 0 Å². The molecule has 6 nitrogen and oxygen atoms in total. The predicted octanol–water partition coefficient (Wildman–Crippen LogP) is 5.03. The van der Waals surface area contributed by atoms with E-state index in [0.29, 0.717) is 5.95 Å². The number of aromatic nitrogens is 3. The van der Waals surface area contributed by atoms with E-state index in [4.69, 9.17) is 9.97 Å². The second-order valence-electron chi connectivity index (χ2n) is 7.33. The van der Waals surface area contributed by atoms with Crippen molar-refractivity contribution >= 4 is 33.4 Å². The zero-order valence-corrected chi connectivity index (χ0v) is 18.9. The third kappa shape index (κ3) is 5.98. The van der Waals surface area contributed by atoms with Crippen LogP contribution in [0.3, 0.4) is 0 Å². The molecule has 2 aromatic heterocycles. The Bertz CT molecular complexity index is 936. The van der Waals surface area contributed by atoms with Gasteiger partial charge >= 0.3 is 0 Å². The van der Waals surface area contributed by atoms with E-state index in [1.54, 1.807) is 6.20 Å². The first kappa shape index (κ1) is 21.2. The highest BCUT2D eigenvalue weighted by molar-refractivity contribution is 9.10. The number of nitrogens with zero attached hydrogens (tertiary/aromatic N) is 4. The van der Waals surface area contributed by atoms with Gasteiger partial charge in [0.05, 0.1) is 5.69 Å². The number of hydrogen-bond acceptors (Lipinski definition) is 6. The summed E-state index contributed by atoms with van der Waals surface area (Å²) in [5.41, 5.74) is 5.15. The highest BCUT2D eigenvalue weighted by Gasteiger charge is 2.10. The molecule has 2 heterocycles. The van der Waals surface area contributed by atoms with Gasteiger partial charge in [0.1, 0.15) is 5.82 Å². The van der Waals surface area contributed by atoms with Crippen LogP contribution in [-0.2, 0) is 0 Å². The Morgan fingerprint density at radius 1 is 1.07 bits per heavy atom. The topological polar surface area (TPSA) is 66.0 Å². The summed E-state index contributed by atoms with van der Waals surface area (Å²) in [5, 5.41) is 6.84. The van der Waals surface area contributed by atoms with Gasteiger partial charge < -0.3 is 15.5 Å². The van der Waals surface area contributed by atoms with E-state index in [1.807, 2.05) is 24.4 Å². The second kappa shape index (κ2) is 9.80. The summed E-state index contributed by atoms with van der Waals surface area (Å²) in [6.07, 6.45) is 4.60. The lowest BCUT2D eigenvalue weighted by Crippen LogP contribution is -2.17. The Morgan fingerprint density at radius 3 is 2.48 bits per heavy atom. The molecule has 0 atom stereocenters. The number of pyridine rings is 1. The minimum absolute atomic E-state index is 0.611. The molecule has 0 amide bonds. The van der Waals surface area contributed by atoms with Gasteiger partial charge in [-0.05, 0) is 76.3 Å². The van der Waals surface area contributed by atoms with E-state index >= 15 is 0 Å². The SMILES string of the molecule is Cc1cc(Br)cc(C)c1Nc1cc(-c2cccnc2)nc(NCCCN(C)C)n1. The molecule has 2 N–H and O–H groups in total. The molecule has 7 heteroatoms. The lowest BCUT2D eigenvalue weighted by Gasteiger charge is -2.15. The van der Waals surface area contributed by atoms with Gasteiger partial charge in [0.2, 0.25) is 5.95 Å². The summed E-state index contributed by atoms with van der Waals surface area (Å²) in [6, 6.07) is 10.1. The van der Waals surface area contributed by atoms with Gasteiger partial charge in [-0.2, -0.15) is 4.98 Å². The minimum Gasteiger partial charge on any atom is -0.354 e. The van der Waals surface area contributed by atoms with Crippen molar-refractivity contribution in [2.45, 2.75) is 20.3 Å². The average molecular weight is 455 g/mol. The van der Waals surface area contributed by atoms with Gasteiger partial charge in [-0.25, -0.2) is 4.98 Å². The number of aryl methyl sites for hydroxylation is 2. The molecular formula is C22H27BrN6. The number of nitrogens with one attached hydrogen (secondary N) is 2. The van der Waals surface area contributed by atoms with E-state index in [0.717, 1.165) is 57.9 Å². The zero-order valence-electron chi connectivity index (χ0n) is 17.3. The molecule has 29 heavy (non-hydrogen) atoms. The quantitative estimate of drug-likeness (QED) is 0.465. The fourth-order valence-electron chi connectivity index (χ4n) is 3.08. The van der Waals surface area contributed by atoms with Crippen molar-refractivity contribution in [2.75, 3.05) is 37.8 Å². The van der Waals surface area contributed by atoms with Crippen molar-refractivity contribution in [3.8, 4) is 11.3 Å². The van der Waals surface area contributed by atoms with Crippen LogP contribution in [0.4, 0.5) is 17.5 Å². The molecule has 0 saturated carbocycles. The maximum absolute atomic E-state index is 4.70. The minimum atomic E-state index is 0.611. The fourth-order valence-corrected chi connectivity index (χ4v) is 3.77. The maximum atomic E-state index is 4.70. The Morgan fingerprint density at radius 2 is 1.83 bits per heavy atom. The molecule has 0 aliphatic rings. The molecule has 0 saturated heterocycles. The van der Waals surface area contributed by atoms with Crippen LogP contribution in [0.15, 0.2) is 47.2 Å². The Labute approximate surface area is 180 Å². The molecule has 1 aromatic carbocycles. The summed E-state index contributed by atoms with van der Waals surface area (Å²) < 4.78 is 1.07. The smallest absolute Gasteiger partial charge is 0.225 e. The van der Waals surface area contributed by atoms with Crippen molar-refractivity contribution in [2.24, 2.45) is 0 Å². The lowest BCUT2D eigenvalue weighted by molar-refractivity contribution is 0.405. The van der Waals surface area contributed by atoms with Gasteiger partial charge in [0, 0.05) is 40.7 Å². The van der Waals surface area contributed by atoms with Crippen LogP contribution in [0.2, 0.25) is 0 Å². The van der Waals surface area contributed by atoms with Crippen LogP contribution in [-0.4, -0.2) is 47.0 Å². The molecule has 0 aliphatic heterocycles. The van der Waals surface area contributed by atoms with E-state index in [2.05, 4.69) is 76.5 Å². The number of benzene rings is 1. The van der Waals surface area contributed by atoms with E-state index in [1.165, 1.54) is 0 Å². The van der Waals surface area contributed by atoms with E-state index < -0.39 is 0 Å². The van der Waals surface area contributed by atoms with Crippen molar-refractivity contribution in [1.29, 1.82) is 0 Å². The Kier molecular flexibility index (Phi) is 7.17. The van der Waals surface area contributed by atoms with Crippen LogP contribution >= 0.6 is 15.9 Å². The summed E-state index contributed by atoms with van der Waals surface area (Å²) in [5.74, 6) is 1.36. The van der Waals surface area contributed by atoms with Crippen molar-refractivity contribution in [3.63, 3.8) is 0 Å². The van der Waals surface area contributed by atoms with Crippen LogP contribution in [0.5, 0.6) is 0 Å². The predicted molar refractivity (Wildman–Crippen MR) is 124 cm³/mol. The fraction of sp³-hybridized carbons (Fsp3) is 0.318. The largest absolute Gasteiger partial charge is 0.354 e. The number of hydrogen-bond donors (Lipinski definition) is 2. The lowest BCUT2D eigenvalue weighted by atomic mass is 10.1. The Hall–Kier alpha value is -2.51. The van der Waals surface area contributed by atoms with Gasteiger partial charge in [0.15, 0.2) is 0 Å². The highest BCUT2D eigenvalue weighted by Crippen LogP contribution is 2.29. The van der Waals surface area contributed by atoms with Crippen molar-refractivity contribution in [1.82, 2.24) is 19.9 Å². The number of anilines is 3. The van der Waals surface area contributed by atoms with Crippen molar-refractivity contribution in [3.05, 3.63) is 58.3 Å². The molecule has 152 valence electrons. The van der Waals surface area contributed by atoms with E-state index in [9.17, 15) is 0 Å².